The maximum atomic E-state index is 13.9. The number of benzene rings is 1. The number of nitrogens with zero attached hydrogens (tertiary/aromatic N) is 1. The summed E-state index contributed by atoms with van der Waals surface area (Å²) in [6, 6.07) is 3.63. The molecule has 0 spiro atoms. The summed E-state index contributed by atoms with van der Waals surface area (Å²) in [7, 11) is -2.87. The molecule has 1 aromatic rings. The molecule has 0 atom stereocenters. The number of sulfone groups is 1. The molecule has 19 heavy (non-hydrogen) atoms. The Kier molecular flexibility index (Phi) is 3.02. The van der Waals surface area contributed by atoms with Crippen molar-refractivity contribution in [3.05, 3.63) is 29.1 Å². The van der Waals surface area contributed by atoms with Crippen LogP contribution in [0.3, 0.4) is 0 Å². The summed E-state index contributed by atoms with van der Waals surface area (Å²) in [5, 5.41) is 1.96. The van der Waals surface area contributed by atoms with Crippen LogP contribution in [0.5, 0.6) is 0 Å². The SMILES string of the molecule is Cc1cc(F)c2c(c1)N(C1CCS(=O)(=O)CC1)NC2. The third-order valence-electron chi connectivity index (χ3n) is 3.89. The lowest BCUT2D eigenvalue weighted by atomic mass is 10.1. The average molecular weight is 284 g/mol. The van der Waals surface area contributed by atoms with Crippen LogP contribution in [0.4, 0.5) is 10.1 Å². The van der Waals surface area contributed by atoms with E-state index in [-0.39, 0.29) is 23.4 Å². The minimum absolute atomic E-state index is 0.131. The van der Waals surface area contributed by atoms with Gasteiger partial charge < -0.3 is 5.01 Å². The van der Waals surface area contributed by atoms with E-state index in [0.717, 1.165) is 11.3 Å². The fourth-order valence-corrected chi connectivity index (χ4v) is 4.32. The zero-order valence-electron chi connectivity index (χ0n) is 10.8. The van der Waals surface area contributed by atoms with E-state index in [1.54, 1.807) is 0 Å². The molecule has 104 valence electrons. The van der Waals surface area contributed by atoms with E-state index in [2.05, 4.69) is 5.43 Å². The molecule has 0 bridgehead atoms. The largest absolute Gasteiger partial charge is 0.305 e. The van der Waals surface area contributed by atoms with E-state index in [1.165, 1.54) is 6.07 Å². The predicted octanol–water partition coefficient (Wildman–Crippen LogP) is 1.54. The zero-order chi connectivity index (χ0) is 13.6. The summed E-state index contributed by atoms with van der Waals surface area (Å²) >= 11 is 0. The van der Waals surface area contributed by atoms with Crippen molar-refractivity contribution in [2.24, 2.45) is 0 Å². The van der Waals surface area contributed by atoms with Gasteiger partial charge in [-0.05, 0) is 37.5 Å². The highest BCUT2D eigenvalue weighted by Crippen LogP contribution is 2.33. The number of rotatable bonds is 1. The molecular formula is C13H17FN2O2S. The minimum atomic E-state index is -2.87. The first-order chi connectivity index (χ1) is 8.96. The third-order valence-corrected chi connectivity index (χ3v) is 5.61. The molecule has 4 nitrogen and oxygen atoms in total. The molecule has 2 aliphatic rings. The fourth-order valence-electron chi connectivity index (χ4n) is 2.85. The molecule has 1 saturated heterocycles. The maximum Gasteiger partial charge on any atom is 0.150 e. The quantitative estimate of drug-likeness (QED) is 0.850. The van der Waals surface area contributed by atoms with E-state index in [4.69, 9.17) is 0 Å². The molecule has 0 radical (unpaired) electrons. The van der Waals surface area contributed by atoms with Gasteiger partial charge in [0.05, 0.1) is 17.2 Å². The predicted molar refractivity (Wildman–Crippen MR) is 72.1 cm³/mol. The lowest BCUT2D eigenvalue weighted by molar-refractivity contribution is 0.484. The zero-order valence-corrected chi connectivity index (χ0v) is 11.6. The number of halogens is 1. The smallest absolute Gasteiger partial charge is 0.150 e. The van der Waals surface area contributed by atoms with Crippen molar-refractivity contribution in [3.8, 4) is 0 Å². The Labute approximate surface area is 112 Å². The van der Waals surface area contributed by atoms with Crippen LogP contribution in [0.1, 0.15) is 24.0 Å². The van der Waals surface area contributed by atoms with E-state index in [0.29, 0.717) is 24.9 Å². The van der Waals surface area contributed by atoms with E-state index < -0.39 is 9.84 Å². The third kappa shape index (κ3) is 2.34. The fraction of sp³-hybridized carbons (Fsp3) is 0.538. The second kappa shape index (κ2) is 4.45. The Morgan fingerprint density at radius 1 is 1.32 bits per heavy atom. The number of hydrogen-bond donors (Lipinski definition) is 1. The number of anilines is 1. The van der Waals surface area contributed by atoms with Crippen LogP contribution in [0, 0.1) is 12.7 Å². The van der Waals surface area contributed by atoms with Crippen LogP contribution < -0.4 is 10.4 Å². The van der Waals surface area contributed by atoms with Crippen molar-refractivity contribution in [2.75, 3.05) is 16.5 Å². The van der Waals surface area contributed by atoms with Crippen molar-refractivity contribution in [3.63, 3.8) is 0 Å². The Morgan fingerprint density at radius 2 is 2.00 bits per heavy atom. The number of hydrazine groups is 1. The van der Waals surface area contributed by atoms with Gasteiger partial charge in [0.2, 0.25) is 0 Å². The maximum absolute atomic E-state index is 13.9. The minimum Gasteiger partial charge on any atom is -0.305 e. The van der Waals surface area contributed by atoms with E-state index in [9.17, 15) is 12.8 Å². The number of aryl methyl sites for hydroxylation is 1. The molecule has 1 aromatic carbocycles. The van der Waals surface area contributed by atoms with Crippen LogP contribution in [0.15, 0.2) is 12.1 Å². The molecule has 0 saturated carbocycles. The van der Waals surface area contributed by atoms with Crippen LogP contribution in [-0.4, -0.2) is 26.0 Å². The van der Waals surface area contributed by atoms with Crippen molar-refractivity contribution in [2.45, 2.75) is 32.4 Å². The monoisotopic (exact) mass is 284 g/mol. The Morgan fingerprint density at radius 3 is 2.68 bits per heavy atom. The van der Waals surface area contributed by atoms with Crippen LogP contribution >= 0.6 is 0 Å². The first-order valence-electron chi connectivity index (χ1n) is 6.48. The molecular weight excluding hydrogens is 267 g/mol. The summed E-state index contributed by atoms with van der Waals surface area (Å²) in [5.74, 6) is 0.257. The van der Waals surface area contributed by atoms with Gasteiger partial charge in [0.15, 0.2) is 0 Å². The standard InChI is InChI=1S/C13H17FN2O2S/c1-9-6-12(14)11-8-15-16(13(11)7-9)10-2-4-19(17,18)5-3-10/h6-7,10,15H,2-5,8H2,1H3. The van der Waals surface area contributed by atoms with Crippen LogP contribution in [0.25, 0.3) is 0 Å². The van der Waals surface area contributed by atoms with Gasteiger partial charge in [-0.3, -0.25) is 0 Å². The first-order valence-corrected chi connectivity index (χ1v) is 8.30. The Bertz CT molecular complexity index is 601. The van der Waals surface area contributed by atoms with E-state index >= 15 is 0 Å². The summed E-state index contributed by atoms with van der Waals surface area (Å²) in [6.07, 6.45) is 1.20. The molecule has 0 aliphatic carbocycles. The number of hydrogen-bond acceptors (Lipinski definition) is 4. The molecule has 0 unspecified atom stereocenters. The van der Waals surface area contributed by atoms with Gasteiger partial charge in [-0.1, -0.05) is 0 Å². The summed E-state index contributed by atoms with van der Waals surface area (Å²) in [4.78, 5) is 0. The Balaban J connectivity index is 1.87. The van der Waals surface area contributed by atoms with E-state index in [1.807, 2.05) is 18.0 Å². The highest BCUT2D eigenvalue weighted by Gasteiger charge is 2.32. The van der Waals surface area contributed by atoms with Gasteiger partial charge >= 0.3 is 0 Å². The normalized spacial score (nSPS) is 22.5. The van der Waals surface area contributed by atoms with Crippen molar-refractivity contribution in [1.29, 1.82) is 0 Å². The summed E-state index contributed by atoms with van der Waals surface area (Å²) < 4.78 is 36.8. The highest BCUT2D eigenvalue weighted by molar-refractivity contribution is 7.91. The first kappa shape index (κ1) is 12.9. The second-order valence-electron chi connectivity index (χ2n) is 5.33. The molecule has 0 aromatic heterocycles. The molecule has 6 heteroatoms. The summed E-state index contributed by atoms with van der Waals surface area (Å²) in [6.45, 7) is 2.34. The molecule has 2 aliphatic heterocycles. The van der Waals surface area contributed by atoms with Crippen LogP contribution in [-0.2, 0) is 16.4 Å². The molecule has 0 amide bonds. The van der Waals surface area contributed by atoms with Gasteiger partial charge in [-0.2, -0.15) is 0 Å². The lowest BCUT2D eigenvalue weighted by Crippen LogP contribution is -2.46. The summed E-state index contributed by atoms with van der Waals surface area (Å²) in [5.41, 5.74) is 5.61. The van der Waals surface area contributed by atoms with Crippen molar-refractivity contribution < 1.29 is 12.8 Å². The molecule has 2 heterocycles. The van der Waals surface area contributed by atoms with Gasteiger partial charge in [0.25, 0.3) is 0 Å². The van der Waals surface area contributed by atoms with Crippen molar-refractivity contribution >= 4 is 15.5 Å². The van der Waals surface area contributed by atoms with Crippen LogP contribution in [0.2, 0.25) is 0 Å². The second-order valence-corrected chi connectivity index (χ2v) is 7.64. The van der Waals surface area contributed by atoms with Gasteiger partial charge in [-0.15, -0.1) is 0 Å². The molecule has 3 rings (SSSR count). The van der Waals surface area contributed by atoms with Gasteiger partial charge in [-0.25, -0.2) is 18.2 Å². The van der Waals surface area contributed by atoms with Gasteiger partial charge in [0, 0.05) is 18.2 Å². The van der Waals surface area contributed by atoms with Crippen molar-refractivity contribution in [1.82, 2.24) is 5.43 Å². The lowest BCUT2D eigenvalue weighted by Gasteiger charge is -2.32. The molecule has 1 N–H and O–H groups in total. The number of nitrogens with one attached hydrogen (secondary N) is 1. The Hall–Kier alpha value is -1.14. The van der Waals surface area contributed by atoms with Gasteiger partial charge in [0.1, 0.15) is 15.7 Å². The average Bonchev–Trinajstić information content (AvgIpc) is 2.73. The molecule has 1 fully saturated rings. The number of fused-ring (bicyclic) bond motifs is 1. The highest BCUT2D eigenvalue weighted by atomic mass is 32.2. The topological polar surface area (TPSA) is 49.4 Å².